The number of anilines is 2. The van der Waals surface area contributed by atoms with Crippen LogP contribution in [0.25, 0.3) is 0 Å². The Bertz CT molecular complexity index is 581. The third kappa shape index (κ3) is 2.07. The van der Waals surface area contributed by atoms with E-state index < -0.39 is 0 Å². The summed E-state index contributed by atoms with van der Waals surface area (Å²) in [4.78, 5) is 0. The molecule has 0 amide bonds. The molecular weight excluding hydrogens is 254 g/mol. The second kappa shape index (κ2) is 4.62. The fraction of sp³-hybridized carbons (Fsp3) is 0.400. The molecule has 0 radical (unpaired) electrons. The zero-order valence-electron chi connectivity index (χ0n) is 12.9. The largest absolute Gasteiger partial charge is 0.356 e. The van der Waals surface area contributed by atoms with Crippen molar-refractivity contribution in [3.63, 3.8) is 0 Å². The molecule has 4 bridgehead atoms. The van der Waals surface area contributed by atoms with Crippen LogP contribution >= 0.6 is 0 Å². The Hall–Kier alpha value is -1.76. The Morgan fingerprint density at radius 3 is 1.62 bits per heavy atom. The number of hydrogen-bond acceptors (Lipinski definition) is 1. The van der Waals surface area contributed by atoms with E-state index in [9.17, 15) is 0 Å². The van der Waals surface area contributed by atoms with Crippen LogP contribution in [0.2, 0.25) is 0 Å². The quantitative estimate of drug-likeness (QED) is 0.671. The molecule has 21 heavy (non-hydrogen) atoms. The predicted octanol–water partition coefficient (Wildman–Crippen LogP) is 5.49. The van der Waals surface area contributed by atoms with Crippen molar-refractivity contribution in [1.29, 1.82) is 0 Å². The predicted molar refractivity (Wildman–Crippen MR) is 89.1 cm³/mol. The lowest BCUT2D eigenvalue weighted by Gasteiger charge is -2.44. The third-order valence-corrected chi connectivity index (χ3v) is 5.36. The molecule has 0 saturated heterocycles. The smallest absolute Gasteiger partial charge is 0.0384 e. The van der Waals surface area contributed by atoms with Gasteiger partial charge in [0.25, 0.3) is 0 Å². The van der Waals surface area contributed by atoms with Crippen LogP contribution in [-0.4, -0.2) is 0 Å². The first kappa shape index (κ1) is 12.9. The maximum atomic E-state index is 3.47. The molecule has 1 nitrogen and oxygen atoms in total. The molecule has 2 unspecified atom stereocenters. The molecule has 1 fully saturated rings. The minimum Gasteiger partial charge on any atom is -0.356 e. The molecule has 108 valence electrons. The molecular formula is C20H23N. The van der Waals surface area contributed by atoms with Crippen molar-refractivity contribution in [2.24, 2.45) is 11.8 Å². The van der Waals surface area contributed by atoms with Crippen LogP contribution in [-0.2, 0) is 5.41 Å². The van der Waals surface area contributed by atoms with Crippen LogP contribution in [0.15, 0.2) is 48.5 Å². The number of rotatable bonds is 0. The van der Waals surface area contributed by atoms with Crippen LogP contribution in [0.4, 0.5) is 11.4 Å². The van der Waals surface area contributed by atoms with Crippen LogP contribution in [0.5, 0.6) is 0 Å². The number of benzene rings is 2. The van der Waals surface area contributed by atoms with Crippen molar-refractivity contribution in [3.05, 3.63) is 59.7 Å². The van der Waals surface area contributed by atoms with Gasteiger partial charge >= 0.3 is 0 Å². The molecule has 1 spiro atoms. The molecule has 2 atom stereocenters. The minimum absolute atomic E-state index is 0.200. The van der Waals surface area contributed by atoms with Crippen LogP contribution in [0, 0.1) is 11.8 Å². The average molecular weight is 277 g/mol. The summed E-state index contributed by atoms with van der Waals surface area (Å²) in [5.74, 6) is 1.57. The molecule has 0 aromatic heterocycles. The zero-order chi connectivity index (χ0) is 14.4. The lowest BCUT2D eigenvalue weighted by atomic mass is 9.60. The fourth-order valence-electron chi connectivity index (χ4n) is 4.68. The third-order valence-electron chi connectivity index (χ3n) is 5.36. The van der Waals surface area contributed by atoms with Crippen molar-refractivity contribution in [2.75, 3.05) is 5.32 Å². The van der Waals surface area contributed by atoms with Gasteiger partial charge in [0, 0.05) is 16.8 Å². The van der Waals surface area contributed by atoms with E-state index in [1.54, 1.807) is 0 Å². The van der Waals surface area contributed by atoms with Gasteiger partial charge in [0.1, 0.15) is 0 Å². The van der Waals surface area contributed by atoms with Gasteiger partial charge < -0.3 is 5.32 Å². The lowest BCUT2D eigenvalue weighted by molar-refractivity contribution is 0.210. The summed E-state index contributed by atoms with van der Waals surface area (Å²) in [5, 5.41) is 3.47. The second-order valence-electron chi connectivity index (χ2n) is 7.22. The van der Waals surface area contributed by atoms with Crippen molar-refractivity contribution >= 4 is 11.4 Å². The van der Waals surface area contributed by atoms with Gasteiger partial charge in [-0.05, 0) is 66.5 Å². The topological polar surface area (TPSA) is 12.0 Å². The van der Waals surface area contributed by atoms with Gasteiger partial charge in [0.15, 0.2) is 0 Å². The van der Waals surface area contributed by atoms with Crippen molar-refractivity contribution in [3.8, 4) is 0 Å². The summed E-state index contributed by atoms with van der Waals surface area (Å²) in [5.41, 5.74) is 5.54. The lowest BCUT2D eigenvalue weighted by Crippen LogP contribution is -2.37. The normalized spacial score (nSPS) is 25.8. The highest BCUT2D eigenvalue weighted by molar-refractivity contribution is 5.63. The van der Waals surface area contributed by atoms with Crippen LogP contribution < -0.4 is 5.32 Å². The first-order chi connectivity index (χ1) is 10.2. The van der Waals surface area contributed by atoms with Crippen molar-refractivity contribution < 1.29 is 0 Å². The van der Waals surface area contributed by atoms with E-state index in [-0.39, 0.29) is 5.41 Å². The van der Waals surface area contributed by atoms with Gasteiger partial charge in [-0.25, -0.2) is 0 Å². The average Bonchev–Trinajstić information content (AvgIpc) is 2.47. The first-order valence-corrected chi connectivity index (χ1v) is 8.14. The summed E-state index contributed by atoms with van der Waals surface area (Å²) in [6.45, 7) is 4.83. The van der Waals surface area contributed by atoms with Crippen molar-refractivity contribution in [2.45, 2.75) is 38.5 Å². The molecule has 1 aliphatic carbocycles. The van der Waals surface area contributed by atoms with Gasteiger partial charge in [-0.2, -0.15) is 0 Å². The summed E-state index contributed by atoms with van der Waals surface area (Å²) in [6, 6.07) is 18.3. The molecule has 2 aromatic carbocycles. The summed E-state index contributed by atoms with van der Waals surface area (Å²) >= 11 is 0. The van der Waals surface area contributed by atoms with Crippen molar-refractivity contribution in [1.82, 2.24) is 0 Å². The Labute approximate surface area is 127 Å². The zero-order valence-corrected chi connectivity index (χ0v) is 12.9. The van der Waals surface area contributed by atoms with Crippen LogP contribution in [0.3, 0.4) is 0 Å². The Balaban J connectivity index is 1.94. The number of nitrogens with one attached hydrogen (secondary N) is 1. The molecule has 4 aliphatic heterocycles. The highest BCUT2D eigenvalue weighted by Crippen LogP contribution is 2.49. The van der Waals surface area contributed by atoms with E-state index in [0.717, 1.165) is 11.8 Å². The SMILES string of the molecule is CC1CC(C)CC2(C1)c1ccc(cc1)Nc1ccc2cc1. The van der Waals surface area contributed by atoms with E-state index in [2.05, 4.69) is 67.7 Å². The van der Waals surface area contributed by atoms with Gasteiger partial charge in [-0.3, -0.25) is 0 Å². The fourth-order valence-corrected chi connectivity index (χ4v) is 4.68. The molecule has 4 heterocycles. The molecule has 2 aromatic rings. The van der Waals surface area contributed by atoms with E-state index in [1.807, 2.05) is 0 Å². The van der Waals surface area contributed by atoms with Gasteiger partial charge in [-0.15, -0.1) is 0 Å². The van der Waals surface area contributed by atoms with E-state index in [1.165, 1.54) is 41.8 Å². The van der Waals surface area contributed by atoms with E-state index in [0.29, 0.717) is 0 Å². The van der Waals surface area contributed by atoms with Crippen LogP contribution in [0.1, 0.15) is 44.2 Å². The Morgan fingerprint density at radius 1 is 0.762 bits per heavy atom. The highest BCUT2D eigenvalue weighted by Gasteiger charge is 2.40. The summed E-state index contributed by atoms with van der Waals surface area (Å²) in [6.07, 6.45) is 3.90. The van der Waals surface area contributed by atoms with Gasteiger partial charge in [0.2, 0.25) is 0 Å². The molecule has 7 rings (SSSR count). The summed E-state index contributed by atoms with van der Waals surface area (Å²) < 4.78 is 0. The monoisotopic (exact) mass is 277 g/mol. The van der Waals surface area contributed by atoms with E-state index in [4.69, 9.17) is 0 Å². The molecule has 1 heteroatoms. The second-order valence-corrected chi connectivity index (χ2v) is 7.22. The molecule has 1 saturated carbocycles. The maximum absolute atomic E-state index is 3.47. The van der Waals surface area contributed by atoms with Gasteiger partial charge in [0.05, 0.1) is 0 Å². The summed E-state index contributed by atoms with van der Waals surface area (Å²) in [7, 11) is 0. The first-order valence-electron chi connectivity index (χ1n) is 8.14. The maximum Gasteiger partial charge on any atom is 0.0384 e. The Kier molecular flexibility index (Phi) is 2.85. The molecule has 5 aliphatic rings. The van der Waals surface area contributed by atoms with Gasteiger partial charge in [-0.1, -0.05) is 38.1 Å². The van der Waals surface area contributed by atoms with E-state index >= 15 is 0 Å². The number of hydrogen-bond donors (Lipinski definition) is 1. The Morgan fingerprint density at radius 2 is 1.19 bits per heavy atom. The molecule has 1 N–H and O–H groups in total. The standard InChI is InChI=1S/C20H23N/c1-14-11-15(2)13-20(12-14)16-3-7-18(8-4-16)21-19-9-5-17(20)6-10-19/h3-10,14-15,21H,11-13H2,1-2H3. The highest BCUT2D eigenvalue weighted by atomic mass is 14.9. The minimum atomic E-state index is 0.200.